The van der Waals surface area contributed by atoms with Crippen molar-refractivity contribution in [3.8, 4) is 5.75 Å². The molecular weight excluding hydrogens is 242 g/mol. The van der Waals surface area contributed by atoms with Crippen LogP contribution < -0.4 is 15.9 Å². The van der Waals surface area contributed by atoms with Gasteiger partial charge in [-0.2, -0.15) is 10.1 Å². The van der Waals surface area contributed by atoms with Crippen LogP contribution >= 0.6 is 0 Å². The van der Waals surface area contributed by atoms with Gasteiger partial charge >= 0.3 is 0 Å². The summed E-state index contributed by atoms with van der Waals surface area (Å²) in [5, 5.41) is 4.09. The molecule has 0 unspecified atom stereocenters. The first-order chi connectivity index (χ1) is 9.17. The van der Waals surface area contributed by atoms with Crippen LogP contribution in [0.25, 0.3) is 0 Å². The molecule has 0 radical (unpaired) electrons. The highest BCUT2D eigenvalue weighted by Crippen LogP contribution is 2.10. The van der Waals surface area contributed by atoms with E-state index in [1.54, 1.807) is 19.4 Å². The van der Waals surface area contributed by atoms with Gasteiger partial charge in [0.05, 0.1) is 13.3 Å². The number of aromatic nitrogens is 2. The molecule has 98 valence electrons. The van der Waals surface area contributed by atoms with Gasteiger partial charge in [-0.1, -0.05) is 0 Å². The lowest BCUT2D eigenvalue weighted by atomic mass is 10.2. The third kappa shape index (κ3) is 3.67. The third-order valence-electron chi connectivity index (χ3n) is 2.38. The fourth-order valence-electron chi connectivity index (χ4n) is 1.51. The lowest BCUT2D eigenvalue weighted by Gasteiger charge is -2.02. The highest BCUT2D eigenvalue weighted by molar-refractivity contribution is 5.80. The Bertz CT molecular complexity index is 560. The van der Waals surface area contributed by atoms with Gasteiger partial charge in [0.2, 0.25) is 5.95 Å². The van der Waals surface area contributed by atoms with Crippen LogP contribution in [0.5, 0.6) is 5.75 Å². The van der Waals surface area contributed by atoms with E-state index in [1.807, 2.05) is 31.2 Å². The molecule has 6 nitrogen and oxygen atoms in total. The predicted molar refractivity (Wildman–Crippen MR) is 75.4 cm³/mol. The van der Waals surface area contributed by atoms with Crippen LogP contribution in [-0.2, 0) is 0 Å². The lowest BCUT2D eigenvalue weighted by molar-refractivity contribution is 0.415. The van der Waals surface area contributed by atoms with Gasteiger partial charge in [-0.15, -0.1) is 0 Å². The zero-order valence-electron chi connectivity index (χ0n) is 10.8. The number of nitrogens with one attached hydrogen (secondary N) is 1. The number of nitrogens with two attached hydrogens (primary N) is 1. The molecule has 1 heterocycles. The van der Waals surface area contributed by atoms with E-state index in [-0.39, 0.29) is 5.95 Å². The highest BCUT2D eigenvalue weighted by Gasteiger charge is 1.97. The number of nitrogens with zero attached hydrogens (tertiary/aromatic N) is 3. The van der Waals surface area contributed by atoms with Crippen molar-refractivity contribution in [1.29, 1.82) is 0 Å². The first-order valence-corrected chi connectivity index (χ1v) is 5.71. The average Bonchev–Trinajstić information content (AvgIpc) is 2.38. The zero-order valence-corrected chi connectivity index (χ0v) is 10.8. The summed E-state index contributed by atoms with van der Waals surface area (Å²) in [7, 11) is 1.63. The summed E-state index contributed by atoms with van der Waals surface area (Å²) in [6.45, 7) is 1.84. The number of methoxy groups -OCH3 is 1. The number of benzene rings is 1. The Morgan fingerprint density at radius 3 is 2.63 bits per heavy atom. The highest BCUT2D eigenvalue weighted by atomic mass is 16.5. The van der Waals surface area contributed by atoms with Gasteiger partial charge < -0.3 is 10.5 Å². The predicted octanol–water partition coefficient (Wildman–Crippen LogP) is 1.82. The van der Waals surface area contributed by atoms with E-state index in [9.17, 15) is 0 Å². The molecular formula is C13H15N5O. The number of rotatable bonds is 4. The summed E-state index contributed by atoms with van der Waals surface area (Å²) in [6, 6.07) is 9.32. The number of aryl methyl sites for hydroxylation is 1. The van der Waals surface area contributed by atoms with Crippen molar-refractivity contribution >= 4 is 18.0 Å². The first kappa shape index (κ1) is 12.8. The largest absolute Gasteiger partial charge is 0.497 e. The zero-order chi connectivity index (χ0) is 13.7. The summed E-state index contributed by atoms with van der Waals surface area (Å²) < 4.78 is 5.08. The Hall–Kier alpha value is -2.63. The van der Waals surface area contributed by atoms with E-state index in [0.29, 0.717) is 5.82 Å². The molecule has 0 saturated carbocycles. The molecule has 0 saturated heterocycles. The maximum absolute atomic E-state index is 5.55. The summed E-state index contributed by atoms with van der Waals surface area (Å²) in [5.41, 5.74) is 10.1. The van der Waals surface area contributed by atoms with E-state index in [0.717, 1.165) is 17.0 Å². The minimum Gasteiger partial charge on any atom is -0.497 e. The first-order valence-electron chi connectivity index (χ1n) is 5.71. The molecule has 0 fully saturated rings. The van der Waals surface area contributed by atoms with Crippen molar-refractivity contribution in [3.63, 3.8) is 0 Å². The van der Waals surface area contributed by atoms with E-state index in [4.69, 9.17) is 10.5 Å². The van der Waals surface area contributed by atoms with Gasteiger partial charge in [0.25, 0.3) is 0 Å². The number of hydrazone groups is 1. The van der Waals surface area contributed by atoms with Crippen LogP contribution in [0.15, 0.2) is 35.4 Å². The normalized spacial score (nSPS) is 10.6. The molecule has 0 aliphatic carbocycles. The maximum atomic E-state index is 5.55. The number of ether oxygens (including phenoxy) is 1. The fraction of sp³-hybridized carbons (Fsp3) is 0.154. The SMILES string of the molecule is COc1ccc(C=NNc2cc(C)nc(N)n2)cc1. The quantitative estimate of drug-likeness (QED) is 0.644. The molecule has 1 aromatic carbocycles. The van der Waals surface area contributed by atoms with Gasteiger partial charge in [0, 0.05) is 11.8 Å². The topological polar surface area (TPSA) is 85.4 Å². The van der Waals surface area contributed by atoms with Crippen LogP contribution in [0.4, 0.5) is 11.8 Å². The Balaban J connectivity index is 2.02. The van der Waals surface area contributed by atoms with Crippen LogP contribution in [0.2, 0.25) is 0 Å². The summed E-state index contributed by atoms with van der Waals surface area (Å²) in [5.74, 6) is 1.60. The van der Waals surface area contributed by atoms with E-state index in [1.165, 1.54) is 0 Å². The molecule has 0 aliphatic heterocycles. The van der Waals surface area contributed by atoms with Crippen LogP contribution in [0, 0.1) is 6.92 Å². The van der Waals surface area contributed by atoms with E-state index in [2.05, 4.69) is 20.5 Å². The smallest absolute Gasteiger partial charge is 0.222 e. The van der Waals surface area contributed by atoms with Crippen molar-refractivity contribution in [1.82, 2.24) is 9.97 Å². The van der Waals surface area contributed by atoms with Gasteiger partial charge in [0.1, 0.15) is 5.75 Å². The molecule has 19 heavy (non-hydrogen) atoms. The minimum atomic E-state index is 0.224. The number of hydrogen-bond acceptors (Lipinski definition) is 6. The summed E-state index contributed by atoms with van der Waals surface area (Å²) in [4.78, 5) is 7.99. The Morgan fingerprint density at radius 1 is 1.26 bits per heavy atom. The standard InChI is InChI=1S/C13H15N5O/c1-9-7-12(17-13(14)16-9)18-15-8-10-3-5-11(19-2)6-4-10/h3-8H,1-2H3,(H3,14,16,17,18). The molecule has 2 aromatic rings. The second kappa shape index (κ2) is 5.81. The third-order valence-corrected chi connectivity index (χ3v) is 2.38. The Morgan fingerprint density at radius 2 is 2.00 bits per heavy atom. The molecule has 0 bridgehead atoms. The Labute approximate surface area is 111 Å². The van der Waals surface area contributed by atoms with Crippen molar-refractivity contribution in [2.75, 3.05) is 18.3 Å². The van der Waals surface area contributed by atoms with Gasteiger partial charge in [-0.3, -0.25) is 5.43 Å². The van der Waals surface area contributed by atoms with Gasteiger partial charge in [-0.05, 0) is 36.8 Å². The second-order valence-electron chi connectivity index (χ2n) is 3.90. The van der Waals surface area contributed by atoms with Gasteiger partial charge in [-0.25, -0.2) is 4.98 Å². The maximum Gasteiger partial charge on any atom is 0.222 e. The van der Waals surface area contributed by atoms with Crippen molar-refractivity contribution < 1.29 is 4.74 Å². The molecule has 0 spiro atoms. The molecule has 0 atom stereocenters. The fourth-order valence-corrected chi connectivity index (χ4v) is 1.51. The van der Waals surface area contributed by atoms with Crippen LogP contribution in [-0.4, -0.2) is 23.3 Å². The molecule has 6 heteroatoms. The molecule has 0 amide bonds. The number of hydrogen-bond donors (Lipinski definition) is 2. The molecule has 2 rings (SSSR count). The van der Waals surface area contributed by atoms with Crippen molar-refractivity contribution in [2.24, 2.45) is 5.10 Å². The van der Waals surface area contributed by atoms with Gasteiger partial charge in [0.15, 0.2) is 5.82 Å². The summed E-state index contributed by atoms with van der Waals surface area (Å²) in [6.07, 6.45) is 1.69. The van der Waals surface area contributed by atoms with Crippen LogP contribution in [0.3, 0.4) is 0 Å². The van der Waals surface area contributed by atoms with Crippen molar-refractivity contribution in [3.05, 3.63) is 41.6 Å². The summed E-state index contributed by atoms with van der Waals surface area (Å²) >= 11 is 0. The van der Waals surface area contributed by atoms with Crippen LogP contribution in [0.1, 0.15) is 11.3 Å². The monoisotopic (exact) mass is 257 g/mol. The lowest BCUT2D eigenvalue weighted by Crippen LogP contribution is -2.01. The molecule has 1 aromatic heterocycles. The number of nitrogen functional groups attached to an aromatic ring is 1. The number of anilines is 2. The molecule has 3 N–H and O–H groups in total. The average molecular weight is 257 g/mol. The minimum absolute atomic E-state index is 0.224. The Kier molecular flexibility index (Phi) is 3.92. The van der Waals surface area contributed by atoms with E-state index < -0.39 is 0 Å². The van der Waals surface area contributed by atoms with Crippen molar-refractivity contribution in [2.45, 2.75) is 6.92 Å². The second-order valence-corrected chi connectivity index (χ2v) is 3.90. The van der Waals surface area contributed by atoms with E-state index >= 15 is 0 Å². The molecule has 0 aliphatic rings.